The van der Waals surface area contributed by atoms with Crippen LogP contribution in [0.5, 0.6) is 0 Å². The molecule has 1 aliphatic carbocycles. The van der Waals surface area contributed by atoms with E-state index in [0.717, 1.165) is 37.5 Å². The topological polar surface area (TPSA) is 104 Å². The van der Waals surface area contributed by atoms with E-state index < -0.39 is 5.97 Å². The SMILES string of the molecule is O=C(O)[C@@H]1C[C@H]2C[C@@H](CCCCc3nn[nH]n3)CC[C@H]2CN1. The number of H-pyrrole nitrogens is 1. The minimum absolute atomic E-state index is 0.335. The van der Waals surface area contributed by atoms with Crippen LogP contribution in [0.4, 0.5) is 0 Å². The Morgan fingerprint density at radius 3 is 2.91 bits per heavy atom. The number of aryl methyl sites for hydroxylation is 1. The van der Waals surface area contributed by atoms with Crippen molar-refractivity contribution in [2.45, 2.75) is 57.4 Å². The lowest BCUT2D eigenvalue weighted by atomic mass is 9.68. The number of rotatable bonds is 6. The number of fused-ring (bicyclic) bond motifs is 1. The summed E-state index contributed by atoms with van der Waals surface area (Å²) < 4.78 is 0. The van der Waals surface area contributed by atoms with Crippen molar-refractivity contribution in [1.82, 2.24) is 25.9 Å². The van der Waals surface area contributed by atoms with Crippen LogP contribution in [0.15, 0.2) is 0 Å². The Labute approximate surface area is 130 Å². The fraction of sp³-hybridized carbons (Fsp3) is 0.867. The van der Waals surface area contributed by atoms with Gasteiger partial charge in [-0.25, -0.2) is 0 Å². The van der Waals surface area contributed by atoms with Crippen molar-refractivity contribution in [3.8, 4) is 0 Å². The van der Waals surface area contributed by atoms with Gasteiger partial charge in [0.25, 0.3) is 0 Å². The van der Waals surface area contributed by atoms with Gasteiger partial charge in [0, 0.05) is 6.42 Å². The third-order valence-electron chi connectivity index (χ3n) is 5.36. The second-order valence-electron chi connectivity index (χ2n) is 6.81. The van der Waals surface area contributed by atoms with E-state index in [2.05, 4.69) is 25.9 Å². The number of piperidine rings is 1. The monoisotopic (exact) mass is 307 g/mol. The lowest BCUT2D eigenvalue weighted by Crippen LogP contribution is -2.49. The molecule has 7 heteroatoms. The summed E-state index contributed by atoms with van der Waals surface area (Å²) in [4.78, 5) is 11.2. The largest absolute Gasteiger partial charge is 0.480 e. The minimum atomic E-state index is -0.694. The van der Waals surface area contributed by atoms with Crippen LogP contribution in [0, 0.1) is 17.8 Å². The second-order valence-corrected chi connectivity index (χ2v) is 6.81. The molecule has 1 aromatic rings. The van der Waals surface area contributed by atoms with Gasteiger partial charge in [-0.15, -0.1) is 10.2 Å². The number of hydrogen-bond acceptors (Lipinski definition) is 5. The van der Waals surface area contributed by atoms with Crippen LogP contribution in [-0.4, -0.2) is 44.3 Å². The van der Waals surface area contributed by atoms with Crippen molar-refractivity contribution in [2.24, 2.45) is 17.8 Å². The molecule has 1 aliphatic heterocycles. The first-order chi connectivity index (χ1) is 10.7. The first-order valence-corrected chi connectivity index (χ1v) is 8.41. The maximum atomic E-state index is 11.2. The van der Waals surface area contributed by atoms with E-state index in [1.807, 2.05) is 0 Å². The van der Waals surface area contributed by atoms with E-state index in [1.165, 1.54) is 32.1 Å². The molecule has 7 nitrogen and oxygen atoms in total. The summed E-state index contributed by atoms with van der Waals surface area (Å²) in [6, 6.07) is -0.335. The molecule has 1 saturated heterocycles. The molecule has 0 spiro atoms. The third-order valence-corrected chi connectivity index (χ3v) is 5.36. The Hall–Kier alpha value is -1.50. The lowest BCUT2D eigenvalue weighted by molar-refractivity contribution is -0.141. The van der Waals surface area contributed by atoms with Crippen molar-refractivity contribution in [1.29, 1.82) is 0 Å². The van der Waals surface area contributed by atoms with Crippen molar-refractivity contribution >= 4 is 5.97 Å². The number of nitrogens with one attached hydrogen (secondary N) is 2. The average molecular weight is 307 g/mol. The van der Waals surface area contributed by atoms with Gasteiger partial charge in [0.1, 0.15) is 6.04 Å². The maximum absolute atomic E-state index is 11.2. The van der Waals surface area contributed by atoms with E-state index >= 15 is 0 Å². The highest BCUT2D eigenvalue weighted by atomic mass is 16.4. The lowest BCUT2D eigenvalue weighted by Gasteiger charge is -2.41. The van der Waals surface area contributed by atoms with Gasteiger partial charge in [0.15, 0.2) is 5.82 Å². The Bertz CT molecular complexity index is 478. The zero-order chi connectivity index (χ0) is 15.4. The molecule has 3 N–H and O–H groups in total. The molecular weight excluding hydrogens is 282 g/mol. The number of aromatic nitrogens is 4. The van der Waals surface area contributed by atoms with Gasteiger partial charge in [-0.05, 0) is 50.0 Å². The van der Waals surface area contributed by atoms with Crippen LogP contribution in [0.3, 0.4) is 0 Å². The number of nitrogens with zero attached hydrogens (tertiary/aromatic N) is 3. The quantitative estimate of drug-likeness (QED) is 0.686. The smallest absolute Gasteiger partial charge is 0.320 e. The molecule has 0 amide bonds. The van der Waals surface area contributed by atoms with Gasteiger partial charge in [-0.3, -0.25) is 4.79 Å². The predicted molar refractivity (Wildman–Crippen MR) is 80.1 cm³/mol. The first-order valence-electron chi connectivity index (χ1n) is 8.41. The zero-order valence-electron chi connectivity index (χ0n) is 12.9. The highest BCUT2D eigenvalue weighted by Crippen LogP contribution is 2.40. The third kappa shape index (κ3) is 3.82. The van der Waals surface area contributed by atoms with Crippen molar-refractivity contribution in [3.05, 3.63) is 5.82 Å². The fourth-order valence-electron chi connectivity index (χ4n) is 4.12. The molecule has 2 heterocycles. The summed E-state index contributed by atoms with van der Waals surface area (Å²) in [5.41, 5.74) is 0. The number of tetrazole rings is 1. The molecule has 4 atom stereocenters. The highest BCUT2D eigenvalue weighted by Gasteiger charge is 2.37. The number of unbranched alkanes of at least 4 members (excludes halogenated alkanes) is 1. The number of carboxylic acids is 1. The molecule has 22 heavy (non-hydrogen) atoms. The molecule has 1 aromatic heterocycles. The summed E-state index contributed by atoms with van der Waals surface area (Å²) in [6.07, 6.45) is 8.98. The van der Waals surface area contributed by atoms with Crippen LogP contribution in [0.2, 0.25) is 0 Å². The molecule has 0 radical (unpaired) electrons. The standard InChI is InChI=1S/C15H25N5O2/c21-15(22)13-8-12-7-10(5-6-11(12)9-16-13)3-1-2-4-14-17-19-20-18-14/h10-13,16H,1-9H2,(H,21,22)(H,17,18,19,20)/t10-,11-,12+,13-/m0/s1. The molecule has 2 aliphatic rings. The van der Waals surface area contributed by atoms with Crippen molar-refractivity contribution in [2.75, 3.05) is 6.54 Å². The number of carbonyl (C=O) groups is 1. The van der Waals surface area contributed by atoms with E-state index in [9.17, 15) is 9.90 Å². The van der Waals surface area contributed by atoms with Gasteiger partial charge >= 0.3 is 5.97 Å². The van der Waals surface area contributed by atoms with Crippen LogP contribution in [-0.2, 0) is 11.2 Å². The minimum Gasteiger partial charge on any atom is -0.480 e. The molecule has 122 valence electrons. The Morgan fingerprint density at radius 2 is 2.14 bits per heavy atom. The number of hydrogen-bond donors (Lipinski definition) is 3. The average Bonchev–Trinajstić information content (AvgIpc) is 3.04. The summed E-state index contributed by atoms with van der Waals surface area (Å²) >= 11 is 0. The van der Waals surface area contributed by atoms with E-state index in [-0.39, 0.29) is 6.04 Å². The maximum Gasteiger partial charge on any atom is 0.320 e. The summed E-state index contributed by atoms with van der Waals surface area (Å²) in [6.45, 7) is 0.881. The van der Waals surface area contributed by atoms with Gasteiger partial charge in [0.2, 0.25) is 0 Å². The van der Waals surface area contributed by atoms with Gasteiger partial charge in [0.05, 0.1) is 0 Å². The molecule has 0 bridgehead atoms. The van der Waals surface area contributed by atoms with Gasteiger partial charge < -0.3 is 10.4 Å². The molecule has 2 fully saturated rings. The first kappa shape index (κ1) is 15.4. The van der Waals surface area contributed by atoms with Crippen LogP contribution < -0.4 is 5.32 Å². The van der Waals surface area contributed by atoms with E-state index in [0.29, 0.717) is 11.8 Å². The molecular formula is C15H25N5O2. The highest BCUT2D eigenvalue weighted by molar-refractivity contribution is 5.73. The molecule has 0 aromatic carbocycles. The summed E-state index contributed by atoms with van der Waals surface area (Å²) in [7, 11) is 0. The van der Waals surface area contributed by atoms with Gasteiger partial charge in [-0.2, -0.15) is 5.21 Å². The van der Waals surface area contributed by atoms with Crippen LogP contribution in [0.1, 0.15) is 50.8 Å². The Morgan fingerprint density at radius 1 is 1.23 bits per heavy atom. The van der Waals surface area contributed by atoms with E-state index in [1.54, 1.807) is 0 Å². The molecule has 0 unspecified atom stereocenters. The van der Waals surface area contributed by atoms with Crippen LogP contribution >= 0.6 is 0 Å². The molecule has 3 rings (SSSR count). The van der Waals surface area contributed by atoms with Gasteiger partial charge in [-0.1, -0.05) is 24.5 Å². The molecule has 1 saturated carbocycles. The second kappa shape index (κ2) is 7.17. The Balaban J connectivity index is 1.39. The summed E-state index contributed by atoms with van der Waals surface area (Å²) in [5, 5.41) is 26.3. The fourth-order valence-corrected chi connectivity index (χ4v) is 4.12. The van der Waals surface area contributed by atoms with Crippen LogP contribution in [0.25, 0.3) is 0 Å². The number of aromatic amines is 1. The normalized spacial score (nSPS) is 31.6. The van der Waals surface area contributed by atoms with Crippen molar-refractivity contribution < 1.29 is 9.90 Å². The number of carboxylic acid groups (broad SMARTS) is 1. The zero-order valence-corrected chi connectivity index (χ0v) is 12.9. The number of aliphatic carboxylic acids is 1. The van der Waals surface area contributed by atoms with Crippen molar-refractivity contribution in [3.63, 3.8) is 0 Å². The van der Waals surface area contributed by atoms with E-state index in [4.69, 9.17) is 0 Å². The Kier molecular flexibility index (Phi) is 5.02. The predicted octanol–water partition coefficient (Wildman–Crippen LogP) is 1.39. The summed E-state index contributed by atoms with van der Waals surface area (Å²) in [5.74, 6) is 2.15.